The number of rotatable bonds is 2. The monoisotopic (exact) mass is 336 g/mol. The molecule has 0 radical (unpaired) electrons. The van der Waals surface area contributed by atoms with Gasteiger partial charge in [0.1, 0.15) is 5.82 Å². The highest BCUT2D eigenvalue weighted by molar-refractivity contribution is 7.99. The minimum absolute atomic E-state index is 0.830. The molecule has 0 bridgehead atoms. The third-order valence-electron chi connectivity index (χ3n) is 5.12. The average Bonchev–Trinajstić information content (AvgIpc) is 2.54. The van der Waals surface area contributed by atoms with Crippen molar-refractivity contribution in [1.29, 1.82) is 0 Å². The van der Waals surface area contributed by atoms with Gasteiger partial charge in [-0.1, -0.05) is 17.8 Å². The van der Waals surface area contributed by atoms with Crippen LogP contribution >= 0.6 is 11.8 Å². The van der Waals surface area contributed by atoms with E-state index in [0.717, 1.165) is 17.0 Å². The maximum Gasteiger partial charge on any atom is 0.126 e. The molecule has 2 nitrogen and oxygen atoms in total. The van der Waals surface area contributed by atoms with E-state index < -0.39 is 0 Å². The van der Waals surface area contributed by atoms with Gasteiger partial charge in [0.2, 0.25) is 0 Å². The first-order valence-corrected chi connectivity index (χ1v) is 9.11. The SMILES string of the molecule is Cc1nc(C)c2c(Sc3c(C)c(C)c(C)c(C)c3C)cccc2n1. The number of fused-ring (bicyclic) bond motifs is 1. The zero-order valence-corrected chi connectivity index (χ0v) is 16.4. The van der Waals surface area contributed by atoms with Gasteiger partial charge in [-0.3, -0.25) is 0 Å². The molecular formula is C21H24N2S. The van der Waals surface area contributed by atoms with Crippen molar-refractivity contribution in [2.75, 3.05) is 0 Å². The molecule has 0 N–H and O–H groups in total. The Hall–Kier alpha value is -1.87. The molecule has 2 aromatic carbocycles. The van der Waals surface area contributed by atoms with Gasteiger partial charge < -0.3 is 0 Å². The molecule has 0 unspecified atom stereocenters. The van der Waals surface area contributed by atoms with Gasteiger partial charge in [-0.15, -0.1) is 0 Å². The highest BCUT2D eigenvalue weighted by Gasteiger charge is 2.15. The molecular weight excluding hydrogens is 312 g/mol. The molecule has 0 fully saturated rings. The van der Waals surface area contributed by atoms with Crippen molar-refractivity contribution in [3.8, 4) is 0 Å². The quantitative estimate of drug-likeness (QED) is 0.579. The van der Waals surface area contributed by atoms with E-state index in [4.69, 9.17) is 0 Å². The number of aromatic nitrogens is 2. The molecule has 0 aliphatic carbocycles. The molecule has 3 heteroatoms. The van der Waals surface area contributed by atoms with Crippen LogP contribution in [0.5, 0.6) is 0 Å². The van der Waals surface area contributed by atoms with Crippen LogP contribution in [0.15, 0.2) is 28.0 Å². The van der Waals surface area contributed by atoms with Crippen molar-refractivity contribution in [2.45, 2.75) is 58.3 Å². The second kappa shape index (κ2) is 6.21. The second-order valence-corrected chi connectivity index (χ2v) is 7.61. The molecule has 24 heavy (non-hydrogen) atoms. The Labute approximate surface area is 148 Å². The van der Waals surface area contributed by atoms with Crippen molar-refractivity contribution >= 4 is 22.7 Å². The summed E-state index contributed by atoms with van der Waals surface area (Å²) in [7, 11) is 0. The summed E-state index contributed by atoms with van der Waals surface area (Å²) in [5.74, 6) is 0.830. The Balaban J connectivity index is 2.22. The fourth-order valence-electron chi connectivity index (χ4n) is 3.29. The summed E-state index contributed by atoms with van der Waals surface area (Å²) < 4.78 is 0. The average molecular weight is 337 g/mol. The van der Waals surface area contributed by atoms with Crippen LogP contribution in [0.3, 0.4) is 0 Å². The van der Waals surface area contributed by atoms with Crippen LogP contribution in [-0.2, 0) is 0 Å². The molecule has 0 saturated heterocycles. The lowest BCUT2D eigenvalue weighted by Gasteiger charge is -2.19. The number of benzene rings is 2. The summed E-state index contributed by atoms with van der Waals surface area (Å²) in [6.07, 6.45) is 0. The highest BCUT2D eigenvalue weighted by Crippen LogP contribution is 2.40. The lowest BCUT2D eigenvalue weighted by Crippen LogP contribution is -1.99. The summed E-state index contributed by atoms with van der Waals surface area (Å²) in [6, 6.07) is 6.35. The summed E-state index contributed by atoms with van der Waals surface area (Å²) in [6.45, 7) is 15.2. The van der Waals surface area contributed by atoms with Crippen molar-refractivity contribution in [3.05, 3.63) is 57.5 Å². The van der Waals surface area contributed by atoms with Gasteiger partial charge in [0.15, 0.2) is 0 Å². The Morgan fingerprint density at radius 3 is 1.92 bits per heavy atom. The zero-order chi connectivity index (χ0) is 17.6. The second-order valence-electron chi connectivity index (χ2n) is 6.56. The summed E-state index contributed by atoms with van der Waals surface area (Å²) in [5.41, 5.74) is 9.03. The van der Waals surface area contributed by atoms with Crippen molar-refractivity contribution < 1.29 is 0 Å². The summed E-state index contributed by atoms with van der Waals surface area (Å²) >= 11 is 1.85. The van der Waals surface area contributed by atoms with E-state index in [9.17, 15) is 0 Å². The predicted molar refractivity (Wildman–Crippen MR) is 103 cm³/mol. The zero-order valence-electron chi connectivity index (χ0n) is 15.5. The van der Waals surface area contributed by atoms with E-state index in [-0.39, 0.29) is 0 Å². The van der Waals surface area contributed by atoms with Crippen LogP contribution < -0.4 is 0 Å². The van der Waals surface area contributed by atoms with E-state index in [1.165, 1.54) is 43.0 Å². The van der Waals surface area contributed by atoms with E-state index in [1.54, 1.807) is 0 Å². The molecule has 0 spiro atoms. The molecule has 124 valence electrons. The topological polar surface area (TPSA) is 25.8 Å². The molecule has 0 amide bonds. The largest absolute Gasteiger partial charge is 0.238 e. The molecule has 0 atom stereocenters. The van der Waals surface area contributed by atoms with Gasteiger partial charge in [0.05, 0.1) is 5.52 Å². The minimum atomic E-state index is 0.830. The number of hydrogen-bond donors (Lipinski definition) is 0. The third-order valence-corrected chi connectivity index (χ3v) is 6.50. The van der Waals surface area contributed by atoms with Crippen LogP contribution in [0, 0.1) is 48.5 Å². The lowest BCUT2D eigenvalue weighted by molar-refractivity contribution is 1.04. The molecule has 0 aliphatic rings. The molecule has 1 heterocycles. The normalized spacial score (nSPS) is 11.3. The molecule has 0 saturated carbocycles. The molecule has 0 aliphatic heterocycles. The van der Waals surface area contributed by atoms with Crippen molar-refractivity contribution in [2.24, 2.45) is 0 Å². The number of hydrogen-bond acceptors (Lipinski definition) is 3. The van der Waals surface area contributed by atoms with Crippen molar-refractivity contribution in [1.82, 2.24) is 9.97 Å². The minimum Gasteiger partial charge on any atom is -0.238 e. The van der Waals surface area contributed by atoms with Gasteiger partial charge in [0, 0.05) is 20.9 Å². The summed E-state index contributed by atoms with van der Waals surface area (Å²) in [4.78, 5) is 11.8. The molecule has 3 rings (SSSR count). The van der Waals surface area contributed by atoms with Gasteiger partial charge in [-0.2, -0.15) is 0 Å². The van der Waals surface area contributed by atoms with Crippen molar-refractivity contribution in [3.63, 3.8) is 0 Å². The lowest BCUT2D eigenvalue weighted by atomic mass is 9.95. The predicted octanol–water partition coefficient (Wildman–Crippen LogP) is 5.94. The first-order chi connectivity index (χ1) is 11.3. The van der Waals surface area contributed by atoms with Gasteiger partial charge in [-0.25, -0.2) is 9.97 Å². The standard InChI is InChI=1S/C21H24N2S/c1-11-12(2)14(4)21(15(5)13(11)3)24-19-10-8-9-18-20(19)16(6)22-17(7)23-18/h8-10H,1-7H3. The highest BCUT2D eigenvalue weighted by atomic mass is 32.2. The van der Waals surface area contributed by atoms with Gasteiger partial charge >= 0.3 is 0 Å². The Kier molecular flexibility index (Phi) is 4.39. The maximum absolute atomic E-state index is 4.61. The summed E-state index contributed by atoms with van der Waals surface area (Å²) in [5, 5.41) is 1.17. The fraction of sp³-hybridized carbons (Fsp3) is 0.333. The van der Waals surface area contributed by atoms with Crippen LogP contribution in [0.2, 0.25) is 0 Å². The first-order valence-electron chi connectivity index (χ1n) is 8.30. The Morgan fingerprint density at radius 2 is 1.29 bits per heavy atom. The van der Waals surface area contributed by atoms with E-state index in [1.807, 2.05) is 18.7 Å². The van der Waals surface area contributed by atoms with E-state index >= 15 is 0 Å². The van der Waals surface area contributed by atoms with Gasteiger partial charge in [-0.05, 0) is 88.4 Å². The van der Waals surface area contributed by atoms with Crippen LogP contribution in [0.4, 0.5) is 0 Å². The maximum atomic E-state index is 4.61. The molecule has 3 aromatic rings. The van der Waals surface area contributed by atoms with E-state index in [2.05, 4.69) is 69.7 Å². The van der Waals surface area contributed by atoms with Gasteiger partial charge in [0.25, 0.3) is 0 Å². The molecule has 1 aromatic heterocycles. The number of nitrogens with zero attached hydrogens (tertiary/aromatic N) is 2. The first kappa shape index (κ1) is 17.0. The fourth-order valence-corrected chi connectivity index (χ4v) is 4.62. The van der Waals surface area contributed by atoms with E-state index in [0.29, 0.717) is 0 Å². The Morgan fingerprint density at radius 1 is 0.708 bits per heavy atom. The van der Waals surface area contributed by atoms with Crippen LogP contribution in [-0.4, -0.2) is 9.97 Å². The van der Waals surface area contributed by atoms with Crippen LogP contribution in [0.1, 0.15) is 39.3 Å². The third kappa shape index (κ3) is 2.71. The number of aryl methyl sites for hydroxylation is 2. The smallest absolute Gasteiger partial charge is 0.126 e. The van der Waals surface area contributed by atoms with Crippen LogP contribution in [0.25, 0.3) is 10.9 Å². The Bertz CT molecular complexity index is 929.